The number of benzene rings is 1. The van der Waals surface area contributed by atoms with Crippen molar-refractivity contribution in [2.75, 3.05) is 11.9 Å². The highest BCUT2D eigenvalue weighted by atomic mass is 16.2. The first-order valence-electron chi connectivity index (χ1n) is 13.7. The van der Waals surface area contributed by atoms with Gasteiger partial charge in [-0.05, 0) is 88.1 Å². The molecule has 3 heterocycles. The topological polar surface area (TPSA) is 91.0 Å². The highest BCUT2D eigenvalue weighted by Crippen LogP contribution is 2.43. The molecule has 0 spiro atoms. The van der Waals surface area contributed by atoms with Gasteiger partial charge in [0.1, 0.15) is 5.65 Å². The van der Waals surface area contributed by atoms with E-state index in [9.17, 15) is 14.9 Å². The SMILES string of the molecule is Cc1ccc(C(=O)Nc2cnc3c(c([C@@H]4CCN(C(=O)C5CCCC5)C(C)(C)C4)cn3C)c2C)cc1C#N. The number of hydrogen-bond acceptors (Lipinski definition) is 4. The van der Waals surface area contributed by atoms with Gasteiger partial charge in [-0.2, -0.15) is 5.26 Å². The number of nitrogens with zero attached hydrogens (tertiary/aromatic N) is 4. The monoisotopic (exact) mass is 511 g/mol. The van der Waals surface area contributed by atoms with Crippen LogP contribution in [0.3, 0.4) is 0 Å². The summed E-state index contributed by atoms with van der Waals surface area (Å²) in [5.41, 5.74) is 5.33. The molecule has 1 saturated heterocycles. The predicted octanol–water partition coefficient (Wildman–Crippen LogP) is 5.99. The van der Waals surface area contributed by atoms with Gasteiger partial charge in [0, 0.05) is 42.2 Å². The minimum absolute atomic E-state index is 0.193. The zero-order chi connectivity index (χ0) is 27.2. The Morgan fingerprint density at radius 2 is 1.89 bits per heavy atom. The molecule has 1 saturated carbocycles. The van der Waals surface area contributed by atoms with E-state index in [1.165, 1.54) is 5.56 Å². The number of likely N-dealkylation sites (tertiary alicyclic amines) is 1. The van der Waals surface area contributed by atoms with E-state index >= 15 is 0 Å². The van der Waals surface area contributed by atoms with Gasteiger partial charge in [0.15, 0.2) is 0 Å². The largest absolute Gasteiger partial charge is 0.337 e. The summed E-state index contributed by atoms with van der Waals surface area (Å²) in [7, 11) is 2.01. The van der Waals surface area contributed by atoms with E-state index in [1.54, 1.807) is 24.4 Å². The lowest BCUT2D eigenvalue weighted by molar-refractivity contribution is -0.143. The molecule has 1 aliphatic carbocycles. The van der Waals surface area contributed by atoms with E-state index in [2.05, 4.69) is 40.9 Å². The third-order valence-corrected chi connectivity index (χ3v) is 8.73. The highest BCUT2D eigenvalue weighted by molar-refractivity contribution is 6.06. The predicted molar refractivity (Wildman–Crippen MR) is 149 cm³/mol. The first-order valence-corrected chi connectivity index (χ1v) is 13.7. The fourth-order valence-electron chi connectivity index (χ4n) is 6.52. The van der Waals surface area contributed by atoms with Crippen LogP contribution in [0.4, 0.5) is 5.69 Å². The van der Waals surface area contributed by atoms with Crippen molar-refractivity contribution in [1.82, 2.24) is 14.5 Å². The van der Waals surface area contributed by atoms with Crippen molar-refractivity contribution in [1.29, 1.82) is 5.26 Å². The highest BCUT2D eigenvalue weighted by Gasteiger charge is 2.41. The minimum atomic E-state index is -0.261. The second-order valence-corrected chi connectivity index (χ2v) is 11.8. The van der Waals surface area contributed by atoms with E-state index in [1.807, 2.05) is 20.9 Å². The number of carbonyl (C=O) groups is 2. The number of aryl methyl sites for hydroxylation is 3. The van der Waals surface area contributed by atoms with Gasteiger partial charge in [-0.25, -0.2) is 4.98 Å². The van der Waals surface area contributed by atoms with Crippen molar-refractivity contribution in [3.05, 3.63) is 58.4 Å². The molecule has 7 heteroatoms. The fourth-order valence-corrected chi connectivity index (χ4v) is 6.52. The summed E-state index contributed by atoms with van der Waals surface area (Å²) in [5, 5.41) is 13.5. The average Bonchev–Trinajstić information content (AvgIpc) is 3.54. The zero-order valence-electron chi connectivity index (χ0n) is 23.1. The number of pyridine rings is 1. The minimum Gasteiger partial charge on any atom is -0.337 e. The summed E-state index contributed by atoms with van der Waals surface area (Å²) < 4.78 is 2.06. The third-order valence-electron chi connectivity index (χ3n) is 8.73. The lowest BCUT2D eigenvalue weighted by Crippen LogP contribution is -2.53. The second-order valence-electron chi connectivity index (χ2n) is 11.8. The lowest BCUT2D eigenvalue weighted by atomic mass is 9.78. The van der Waals surface area contributed by atoms with E-state index < -0.39 is 0 Å². The number of aromatic nitrogens is 2. The van der Waals surface area contributed by atoms with E-state index in [0.717, 1.165) is 67.2 Å². The van der Waals surface area contributed by atoms with Gasteiger partial charge in [0.25, 0.3) is 5.91 Å². The van der Waals surface area contributed by atoms with Gasteiger partial charge in [-0.15, -0.1) is 0 Å². The molecular formula is C31H37N5O2. The van der Waals surface area contributed by atoms with Gasteiger partial charge in [-0.3, -0.25) is 9.59 Å². The standard InChI is InChI=1S/C31H37N5O2/c1-19-10-11-22(14-24(19)16-32)29(37)34-26-17-33-28-27(20(26)2)25(18-35(28)5)23-12-13-36(31(3,4)15-23)30(38)21-8-6-7-9-21/h10-11,14,17-18,21,23H,6-9,12-13,15H2,1-5H3,(H,34,37)/t23-/m1/s1. The number of rotatable bonds is 4. The Balaban J connectivity index is 1.43. The molecule has 0 radical (unpaired) electrons. The Bertz CT molecular complexity index is 1460. The van der Waals surface area contributed by atoms with Crippen LogP contribution in [0.25, 0.3) is 11.0 Å². The molecule has 1 N–H and O–H groups in total. The van der Waals surface area contributed by atoms with Gasteiger partial charge in [-0.1, -0.05) is 18.9 Å². The Labute approximate surface area is 224 Å². The number of piperidine rings is 1. The summed E-state index contributed by atoms with van der Waals surface area (Å²) in [6.45, 7) is 9.05. The molecule has 0 unspecified atom stereocenters. The maximum Gasteiger partial charge on any atom is 0.255 e. The molecule has 38 heavy (non-hydrogen) atoms. The molecule has 2 aliphatic rings. The molecule has 198 valence electrons. The molecule has 1 atom stereocenters. The summed E-state index contributed by atoms with van der Waals surface area (Å²) >= 11 is 0. The number of amides is 2. The van der Waals surface area contributed by atoms with Crippen LogP contribution in [0.2, 0.25) is 0 Å². The maximum absolute atomic E-state index is 13.3. The number of carbonyl (C=O) groups excluding carboxylic acids is 2. The van der Waals surface area contributed by atoms with Crippen LogP contribution in [-0.2, 0) is 11.8 Å². The normalized spacial score (nSPS) is 19.5. The molecular weight excluding hydrogens is 474 g/mol. The van der Waals surface area contributed by atoms with Crippen molar-refractivity contribution < 1.29 is 9.59 Å². The Kier molecular flexibility index (Phi) is 6.77. The molecule has 5 rings (SSSR count). The molecule has 2 amide bonds. The summed E-state index contributed by atoms with van der Waals surface area (Å²) in [6, 6.07) is 7.31. The molecule has 2 fully saturated rings. The molecule has 3 aromatic rings. The van der Waals surface area contributed by atoms with Gasteiger partial charge >= 0.3 is 0 Å². The number of nitrogens with one attached hydrogen (secondary N) is 1. The first kappa shape index (κ1) is 26.0. The van der Waals surface area contributed by atoms with E-state index in [-0.39, 0.29) is 17.4 Å². The van der Waals surface area contributed by atoms with E-state index in [0.29, 0.717) is 28.6 Å². The zero-order valence-corrected chi connectivity index (χ0v) is 23.1. The van der Waals surface area contributed by atoms with Crippen LogP contribution in [0.15, 0.2) is 30.6 Å². The molecule has 0 bridgehead atoms. The van der Waals surface area contributed by atoms with Crippen molar-refractivity contribution in [3.63, 3.8) is 0 Å². The summed E-state index contributed by atoms with van der Waals surface area (Å²) in [5.74, 6) is 0.562. The summed E-state index contributed by atoms with van der Waals surface area (Å²) in [6.07, 6.45) is 10.1. The van der Waals surface area contributed by atoms with Gasteiger partial charge in [0.05, 0.1) is 23.5 Å². The number of nitriles is 1. The first-order chi connectivity index (χ1) is 18.1. The van der Waals surface area contributed by atoms with Crippen LogP contribution in [0.1, 0.15) is 90.9 Å². The van der Waals surface area contributed by atoms with Crippen LogP contribution in [-0.4, -0.2) is 38.3 Å². The van der Waals surface area contributed by atoms with Crippen LogP contribution in [0.5, 0.6) is 0 Å². The smallest absolute Gasteiger partial charge is 0.255 e. The van der Waals surface area contributed by atoms with Crippen molar-refractivity contribution in [2.45, 2.75) is 77.7 Å². The van der Waals surface area contributed by atoms with Crippen molar-refractivity contribution in [3.8, 4) is 6.07 Å². The van der Waals surface area contributed by atoms with Crippen molar-refractivity contribution >= 4 is 28.5 Å². The van der Waals surface area contributed by atoms with Crippen LogP contribution < -0.4 is 5.32 Å². The summed E-state index contributed by atoms with van der Waals surface area (Å²) in [4.78, 5) is 33.2. The Hall–Kier alpha value is -3.66. The van der Waals surface area contributed by atoms with E-state index in [4.69, 9.17) is 4.98 Å². The quantitative estimate of drug-likeness (QED) is 0.466. The van der Waals surface area contributed by atoms with Crippen molar-refractivity contribution in [2.24, 2.45) is 13.0 Å². The number of hydrogen-bond donors (Lipinski definition) is 1. The molecule has 2 aromatic heterocycles. The Morgan fingerprint density at radius 3 is 2.58 bits per heavy atom. The Morgan fingerprint density at radius 1 is 1.16 bits per heavy atom. The lowest BCUT2D eigenvalue weighted by Gasteiger charge is -2.46. The molecule has 1 aliphatic heterocycles. The maximum atomic E-state index is 13.3. The number of anilines is 1. The third kappa shape index (κ3) is 4.57. The van der Waals surface area contributed by atoms with Crippen LogP contribution in [0, 0.1) is 31.1 Å². The van der Waals surface area contributed by atoms with Gasteiger partial charge in [0.2, 0.25) is 5.91 Å². The second kappa shape index (κ2) is 9.90. The molecule has 7 nitrogen and oxygen atoms in total. The fraction of sp³-hybridized carbons (Fsp3) is 0.484. The van der Waals surface area contributed by atoms with Gasteiger partial charge < -0.3 is 14.8 Å². The molecule has 1 aromatic carbocycles. The average molecular weight is 512 g/mol. The number of fused-ring (bicyclic) bond motifs is 1. The van der Waals surface area contributed by atoms with Crippen LogP contribution >= 0.6 is 0 Å².